The first-order valence-electron chi connectivity index (χ1n) is 4.91. The Bertz CT molecular complexity index is 192. The SMILES string of the molecule is COCCNC(=O)C(C)N1CC(N)C1. The summed E-state index contributed by atoms with van der Waals surface area (Å²) in [5.74, 6) is 0.0500. The number of carbonyl (C=O) groups excluding carboxylic acids is 1. The van der Waals surface area contributed by atoms with Gasteiger partial charge in [-0.25, -0.2) is 0 Å². The van der Waals surface area contributed by atoms with Gasteiger partial charge in [0.05, 0.1) is 12.6 Å². The molecule has 1 aliphatic rings. The van der Waals surface area contributed by atoms with E-state index in [1.807, 2.05) is 6.92 Å². The van der Waals surface area contributed by atoms with E-state index in [9.17, 15) is 4.79 Å². The lowest BCUT2D eigenvalue weighted by Gasteiger charge is -2.40. The van der Waals surface area contributed by atoms with Crippen LogP contribution >= 0.6 is 0 Å². The van der Waals surface area contributed by atoms with E-state index in [2.05, 4.69) is 10.2 Å². The first-order valence-corrected chi connectivity index (χ1v) is 4.91. The van der Waals surface area contributed by atoms with Crippen LogP contribution in [0.25, 0.3) is 0 Å². The molecule has 14 heavy (non-hydrogen) atoms. The lowest BCUT2D eigenvalue weighted by molar-refractivity contribution is -0.127. The van der Waals surface area contributed by atoms with Gasteiger partial charge in [0.15, 0.2) is 0 Å². The zero-order valence-corrected chi connectivity index (χ0v) is 8.82. The third-order valence-electron chi connectivity index (χ3n) is 2.47. The van der Waals surface area contributed by atoms with Crippen molar-refractivity contribution >= 4 is 5.91 Å². The van der Waals surface area contributed by atoms with Gasteiger partial charge in [-0.05, 0) is 6.92 Å². The van der Waals surface area contributed by atoms with Crippen molar-refractivity contribution in [1.29, 1.82) is 0 Å². The number of likely N-dealkylation sites (tertiary alicyclic amines) is 1. The zero-order valence-electron chi connectivity index (χ0n) is 8.82. The minimum atomic E-state index is -0.0772. The molecule has 5 nitrogen and oxygen atoms in total. The molecule has 0 aromatic rings. The molecule has 1 aliphatic heterocycles. The van der Waals surface area contributed by atoms with Crippen LogP contribution in [0.2, 0.25) is 0 Å². The van der Waals surface area contributed by atoms with E-state index in [4.69, 9.17) is 10.5 Å². The molecule has 1 unspecified atom stereocenters. The summed E-state index contributed by atoms with van der Waals surface area (Å²) < 4.78 is 4.84. The first kappa shape index (κ1) is 11.4. The van der Waals surface area contributed by atoms with Crippen molar-refractivity contribution in [3.63, 3.8) is 0 Å². The topological polar surface area (TPSA) is 67.6 Å². The van der Waals surface area contributed by atoms with Crippen LogP contribution in [-0.4, -0.2) is 56.2 Å². The fourth-order valence-corrected chi connectivity index (χ4v) is 1.46. The third-order valence-corrected chi connectivity index (χ3v) is 2.47. The van der Waals surface area contributed by atoms with E-state index in [0.717, 1.165) is 13.1 Å². The molecule has 0 saturated carbocycles. The minimum absolute atomic E-state index is 0.0500. The fraction of sp³-hybridized carbons (Fsp3) is 0.889. The Morgan fingerprint density at radius 1 is 1.71 bits per heavy atom. The minimum Gasteiger partial charge on any atom is -0.383 e. The third kappa shape index (κ3) is 2.94. The Morgan fingerprint density at radius 3 is 2.86 bits per heavy atom. The molecule has 0 spiro atoms. The Kier molecular flexibility index (Phi) is 4.31. The molecule has 1 fully saturated rings. The van der Waals surface area contributed by atoms with Gasteiger partial charge in [-0.2, -0.15) is 0 Å². The van der Waals surface area contributed by atoms with Crippen LogP contribution in [-0.2, 0) is 9.53 Å². The van der Waals surface area contributed by atoms with Crippen LogP contribution in [0, 0.1) is 0 Å². The number of ether oxygens (including phenoxy) is 1. The van der Waals surface area contributed by atoms with E-state index < -0.39 is 0 Å². The highest BCUT2D eigenvalue weighted by molar-refractivity contribution is 5.81. The molecule has 0 aromatic heterocycles. The van der Waals surface area contributed by atoms with Crippen molar-refractivity contribution in [2.24, 2.45) is 5.73 Å². The molecule has 0 aliphatic carbocycles. The van der Waals surface area contributed by atoms with Gasteiger partial charge >= 0.3 is 0 Å². The molecule has 0 radical (unpaired) electrons. The summed E-state index contributed by atoms with van der Waals surface area (Å²) in [5.41, 5.74) is 5.64. The van der Waals surface area contributed by atoms with E-state index in [1.165, 1.54) is 0 Å². The largest absolute Gasteiger partial charge is 0.383 e. The number of rotatable bonds is 5. The zero-order chi connectivity index (χ0) is 10.6. The highest BCUT2D eigenvalue weighted by Gasteiger charge is 2.30. The Labute approximate surface area is 84.6 Å². The molecule has 1 atom stereocenters. The van der Waals surface area contributed by atoms with Gasteiger partial charge in [-0.3, -0.25) is 9.69 Å². The van der Waals surface area contributed by atoms with Crippen LogP contribution in [0.15, 0.2) is 0 Å². The highest BCUT2D eigenvalue weighted by Crippen LogP contribution is 2.09. The van der Waals surface area contributed by atoms with Gasteiger partial charge in [0.1, 0.15) is 0 Å². The predicted octanol–water partition coefficient (Wildman–Crippen LogP) is -1.22. The molecule has 1 rings (SSSR count). The number of amides is 1. The molecule has 0 aromatic carbocycles. The summed E-state index contributed by atoms with van der Waals surface area (Å²) in [4.78, 5) is 13.6. The second-order valence-electron chi connectivity index (χ2n) is 3.67. The lowest BCUT2D eigenvalue weighted by atomic mass is 10.1. The summed E-state index contributed by atoms with van der Waals surface area (Å²) in [5, 5.41) is 2.80. The maximum absolute atomic E-state index is 11.5. The number of nitrogens with two attached hydrogens (primary N) is 1. The van der Waals surface area contributed by atoms with Crippen molar-refractivity contribution in [3.8, 4) is 0 Å². The second kappa shape index (κ2) is 5.29. The van der Waals surface area contributed by atoms with Crippen LogP contribution in [0.1, 0.15) is 6.92 Å². The normalized spacial score (nSPS) is 20.2. The van der Waals surface area contributed by atoms with Crippen molar-refractivity contribution < 1.29 is 9.53 Å². The lowest BCUT2D eigenvalue weighted by Crippen LogP contribution is -2.61. The summed E-state index contributed by atoms with van der Waals surface area (Å²) in [6.07, 6.45) is 0. The number of carbonyl (C=O) groups is 1. The number of nitrogens with one attached hydrogen (secondary N) is 1. The molecule has 3 N–H and O–H groups in total. The van der Waals surface area contributed by atoms with E-state index in [-0.39, 0.29) is 18.0 Å². The fourth-order valence-electron chi connectivity index (χ4n) is 1.46. The summed E-state index contributed by atoms with van der Waals surface area (Å²) in [6, 6.07) is 0.163. The molecular formula is C9H19N3O2. The standard InChI is InChI=1S/C9H19N3O2/c1-7(12-5-8(10)6-12)9(13)11-3-4-14-2/h7-8H,3-6,10H2,1-2H3,(H,11,13). The van der Waals surface area contributed by atoms with Gasteiger partial charge in [-0.15, -0.1) is 0 Å². The number of nitrogens with zero attached hydrogens (tertiary/aromatic N) is 1. The average Bonchev–Trinajstić information content (AvgIpc) is 2.12. The Morgan fingerprint density at radius 2 is 2.36 bits per heavy atom. The number of hydrogen-bond acceptors (Lipinski definition) is 4. The Hall–Kier alpha value is -0.650. The van der Waals surface area contributed by atoms with Crippen molar-refractivity contribution in [2.45, 2.75) is 19.0 Å². The van der Waals surface area contributed by atoms with Gasteiger partial charge in [0, 0.05) is 32.8 Å². The quantitative estimate of drug-likeness (QED) is 0.547. The number of methoxy groups -OCH3 is 1. The second-order valence-corrected chi connectivity index (χ2v) is 3.67. The van der Waals surface area contributed by atoms with Gasteiger partial charge < -0.3 is 15.8 Å². The molecule has 5 heteroatoms. The Balaban J connectivity index is 2.16. The summed E-state index contributed by atoms with van der Waals surface area (Å²) in [6.45, 7) is 4.66. The highest BCUT2D eigenvalue weighted by atomic mass is 16.5. The van der Waals surface area contributed by atoms with Crippen LogP contribution in [0.3, 0.4) is 0 Å². The summed E-state index contributed by atoms with van der Waals surface area (Å²) >= 11 is 0. The first-order chi connectivity index (χ1) is 6.65. The van der Waals surface area contributed by atoms with Crippen LogP contribution in [0.5, 0.6) is 0 Å². The van der Waals surface area contributed by atoms with Gasteiger partial charge in [0.25, 0.3) is 0 Å². The van der Waals surface area contributed by atoms with Crippen molar-refractivity contribution in [2.75, 3.05) is 33.4 Å². The smallest absolute Gasteiger partial charge is 0.237 e. The van der Waals surface area contributed by atoms with E-state index in [0.29, 0.717) is 13.2 Å². The van der Waals surface area contributed by atoms with Crippen molar-refractivity contribution in [3.05, 3.63) is 0 Å². The average molecular weight is 201 g/mol. The molecular weight excluding hydrogens is 182 g/mol. The molecule has 0 bridgehead atoms. The number of hydrogen-bond donors (Lipinski definition) is 2. The monoisotopic (exact) mass is 201 g/mol. The van der Waals surface area contributed by atoms with E-state index >= 15 is 0 Å². The molecule has 1 heterocycles. The van der Waals surface area contributed by atoms with E-state index in [1.54, 1.807) is 7.11 Å². The van der Waals surface area contributed by atoms with Crippen LogP contribution < -0.4 is 11.1 Å². The molecule has 1 saturated heterocycles. The van der Waals surface area contributed by atoms with Gasteiger partial charge in [0.2, 0.25) is 5.91 Å². The van der Waals surface area contributed by atoms with Gasteiger partial charge in [-0.1, -0.05) is 0 Å². The maximum atomic E-state index is 11.5. The summed E-state index contributed by atoms with van der Waals surface area (Å²) in [7, 11) is 1.62. The molecule has 82 valence electrons. The van der Waals surface area contributed by atoms with Crippen molar-refractivity contribution in [1.82, 2.24) is 10.2 Å². The predicted molar refractivity (Wildman–Crippen MR) is 53.9 cm³/mol. The molecule has 1 amide bonds. The van der Waals surface area contributed by atoms with Crippen LogP contribution in [0.4, 0.5) is 0 Å². The maximum Gasteiger partial charge on any atom is 0.237 e.